The molecule has 0 aromatic heterocycles. The van der Waals surface area contributed by atoms with E-state index in [1.807, 2.05) is 0 Å². The topological polar surface area (TPSA) is 17.1 Å². The van der Waals surface area contributed by atoms with Gasteiger partial charge in [0.2, 0.25) is 0 Å². The Morgan fingerprint density at radius 3 is 2.00 bits per heavy atom. The van der Waals surface area contributed by atoms with Gasteiger partial charge in [0.05, 0.1) is 6.67 Å². The molecule has 0 bridgehead atoms. The first-order valence-electron chi connectivity index (χ1n) is 4.53. The van der Waals surface area contributed by atoms with Crippen LogP contribution in [0.3, 0.4) is 0 Å². The van der Waals surface area contributed by atoms with Crippen molar-refractivity contribution in [2.45, 2.75) is 38.0 Å². The number of hydrogen-bond acceptors (Lipinski definition) is 1. The zero-order chi connectivity index (χ0) is 12.0. The van der Waals surface area contributed by atoms with Crippen molar-refractivity contribution in [1.82, 2.24) is 0 Å². The highest BCUT2D eigenvalue weighted by atomic mass is 19.2. The van der Waals surface area contributed by atoms with Crippen molar-refractivity contribution in [1.29, 1.82) is 0 Å². The van der Waals surface area contributed by atoms with Crippen LogP contribution in [0.2, 0.25) is 0 Å². The molecule has 0 aliphatic rings. The zero-order valence-electron chi connectivity index (χ0n) is 8.18. The second-order valence-electron chi connectivity index (χ2n) is 3.32. The van der Waals surface area contributed by atoms with Gasteiger partial charge in [-0.25, -0.2) is 17.6 Å². The molecule has 0 aliphatic carbocycles. The van der Waals surface area contributed by atoms with Crippen LogP contribution in [0.25, 0.3) is 0 Å². The van der Waals surface area contributed by atoms with Crippen molar-refractivity contribution >= 4 is 6.29 Å². The standard InChI is InChI=1S/C9H13F5O/c1-5(4-15)7(12)9(14)8(13)6(11)2-3-10/h4-9H,2-3H2,1H3. The highest BCUT2D eigenvalue weighted by Gasteiger charge is 2.38. The van der Waals surface area contributed by atoms with E-state index >= 15 is 0 Å². The Morgan fingerprint density at radius 1 is 1.07 bits per heavy atom. The van der Waals surface area contributed by atoms with Crippen molar-refractivity contribution in [3.8, 4) is 0 Å². The van der Waals surface area contributed by atoms with Gasteiger partial charge >= 0.3 is 0 Å². The maximum absolute atomic E-state index is 12.9. The van der Waals surface area contributed by atoms with Crippen LogP contribution in [0, 0.1) is 5.92 Å². The summed E-state index contributed by atoms with van der Waals surface area (Å²) in [6.07, 6.45) is -11.0. The van der Waals surface area contributed by atoms with Crippen LogP contribution in [0.4, 0.5) is 22.0 Å². The summed E-state index contributed by atoms with van der Waals surface area (Å²) >= 11 is 0. The quantitative estimate of drug-likeness (QED) is 0.487. The van der Waals surface area contributed by atoms with E-state index in [9.17, 15) is 26.7 Å². The molecule has 5 unspecified atom stereocenters. The van der Waals surface area contributed by atoms with Crippen molar-refractivity contribution in [3.05, 3.63) is 0 Å². The predicted molar refractivity (Wildman–Crippen MR) is 45.4 cm³/mol. The van der Waals surface area contributed by atoms with Gasteiger partial charge in [0.15, 0.2) is 12.3 Å². The van der Waals surface area contributed by atoms with Gasteiger partial charge in [0.25, 0.3) is 0 Å². The lowest BCUT2D eigenvalue weighted by Gasteiger charge is -2.21. The van der Waals surface area contributed by atoms with Gasteiger partial charge in [0, 0.05) is 12.3 Å². The van der Waals surface area contributed by atoms with Crippen molar-refractivity contribution in [2.75, 3.05) is 6.67 Å². The summed E-state index contributed by atoms with van der Waals surface area (Å²) < 4.78 is 63.0. The molecule has 0 rings (SSSR count). The molecule has 0 radical (unpaired) electrons. The average Bonchev–Trinajstić information content (AvgIpc) is 2.25. The van der Waals surface area contributed by atoms with Gasteiger partial charge in [-0.2, -0.15) is 0 Å². The summed E-state index contributed by atoms with van der Waals surface area (Å²) in [5.41, 5.74) is 0. The fourth-order valence-corrected chi connectivity index (χ4v) is 1.00. The third-order valence-corrected chi connectivity index (χ3v) is 2.06. The van der Waals surface area contributed by atoms with Gasteiger partial charge in [-0.1, -0.05) is 6.92 Å². The van der Waals surface area contributed by atoms with Crippen LogP contribution < -0.4 is 0 Å². The number of carbonyl (C=O) groups is 1. The van der Waals surface area contributed by atoms with Gasteiger partial charge in [0.1, 0.15) is 18.6 Å². The van der Waals surface area contributed by atoms with E-state index in [0.717, 1.165) is 6.92 Å². The van der Waals surface area contributed by atoms with Gasteiger partial charge in [-0.3, -0.25) is 4.39 Å². The summed E-state index contributed by atoms with van der Waals surface area (Å²) in [6.45, 7) is -0.0894. The van der Waals surface area contributed by atoms with Crippen LogP contribution in [-0.4, -0.2) is 37.6 Å². The third kappa shape index (κ3) is 4.13. The third-order valence-electron chi connectivity index (χ3n) is 2.06. The number of rotatable bonds is 7. The largest absolute Gasteiger partial charge is 0.303 e. The number of carbonyl (C=O) groups excluding carboxylic acids is 1. The molecule has 0 amide bonds. The van der Waals surface area contributed by atoms with E-state index in [-0.39, 0.29) is 6.29 Å². The molecule has 0 N–H and O–H groups in total. The van der Waals surface area contributed by atoms with Crippen molar-refractivity contribution in [3.63, 3.8) is 0 Å². The monoisotopic (exact) mass is 232 g/mol. The van der Waals surface area contributed by atoms with E-state index in [2.05, 4.69) is 0 Å². The van der Waals surface area contributed by atoms with E-state index in [1.165, 1.54) is 0 Å². The second-order valence-corrected chi connectivity index (χ2v) is 3.32. The molecule has 0 spiro atoms. The Bertz CT molecular complexity index is 189. The van der Waals surface area contributed by atoms with E-state index in [1.54, 1.807) is 0 Å². The lowest BCUT2D eigenvalue weighted by atomic mass is 9.98. The lowest BCUT2D eigenvalue weighted by molar-refractivity contribution is -0.114. The van der Waals surface area contributed by atoms with E-state index in [0.29, 0.717) is 0 Å². The molecule has 1 nitrogen and oxygen atoms in total. The SMILES string of the molecule is CC(C=O)C(F)C(F)C(F)C(F)CCF. The van der Waals surface area contributed by atoms with E-state index < -0.39 is 43.7 Å². The van der Waals surface area contributed by atoms with Crippen LogP contribution in [-0.2, 0) is 4.79 Å². The molecule has 5 atom stereocenters. The molecule has 0 saturated heterocycles. The number of alkyl halides is 5. The van der Waals surface area contributed by atoms with Crippen LogP contribution >= 0.6 is 0 Å². The molecule has 0 aromatic carbocycles. The first-order chi connectivity index (χ1) is 6.95. The molecule has 0 saturated carbocycles. The smallest absolute Gasteiger partial charge is 0.166 e. The van der Waals surface area contributed by atoms with Gasteiger partial charge in [-0.15, -0.1) is 0 Å². The minimum Gasteiger partial charge on any atom is -0.303 e. The summed E-state index contributed by atoms with van der Waals surface area (Å²) in [4.78, 5) is 10.1. The number of hydrogen-bond donors (Lipinski definition) is 0. The zero-order valence-corrected chi connectivity index (χ0v) is 8.18. The fourth-order valence-electron chi connectivity index (χ4n) is 1.00. The maximum atomic E-state index is 12.9. The number of halogens is 5. The van der Waals surface area contributed by atoms with Gasteiger partial charge < -0.3 is 4.79 Å². The normalized spacial score (nSPS) is 21.5. The Balaban J connectivity index is 4.28. The molecule has 6 heteroatoms. The van der Waals surface area contributed by atoms with Crippen LogP contribution in [0.5, 0.6) is 0 Å². The molecular weight excluding hydrogens is 219 g/mol. The summed E-state index contributed by atoms with van der Waals surface area (Å²) in [5.74, 6) is -1.35. The molecule has 0 heterocycles. The second kappa shape index (κ2) is 6.74. The van der Waals surface area contributed by atoms with Crippen LogP contribution in [0.1, 0.15) is 13.3 Å². The molecule has 0 fully saturated rings. The van der Waals surface area contributed by atoms with Crippen LogP contribution in [0.15, 0.2) is 0 Å². The Hall–Kier alpha value is -0.680. The Labute approximate surface area is 84.6 Å². The van der Waals surface area contributed by atoms with E-state index in [4.69, 9.17) is 0 Å². The number of aldehydes is 1. The first kappa shape index (κ1) is 14.3. The summed E-state index contributed by atoms with van der Waals surface area (Å²) in [6, 6.07) is 0. The molecule has 90 valence electrons. The Kier molecular flexibility index (Phi) is 6.43. The highest BCUT2D eigenvalue weighted by Crippen LogP contribution is 2.23. The fraction of sp³-hybridized carbons (Fsp3) is 0.889. The molecular formula is C9H13F5O. The van der Waals surface area contributed by atoms with Gasteiger partial charge in [-0.05, 0) is 0 Å². The highest BCUT2D eigenvalue weighted by molar-refractivity contribution is 5.53. The average molecular weight is 232 g/mol. The maximum Gasteiger partial charge on any atom is 0.166 e. The predicted octanol–water partition coefficient (Wildman–Crippen LogP) is 2.53. The summed E-state index contributed by atoms with van der Waals surface area (Å²) in [5, 5.41) is 0. The Morgan fingerprint density at radius 2 is 1.60 bits per heavy atom. The lowest BCUT2D eigenvalue weighted by Crippen LogP contribution is -2.38. The van der Waals surface area contributed by atoms with Crippen molar-refractivity contribution in [2.24, 2.45) is 5.92 Å². The molecule has 15 heavy (non-hydrogen) atoms. The first-order valence-corrected chi connectivity index (χ1v) is 4.53. The minimum atomic E-state index is -2.74. The minimum absolute atomic E-state index is 0.117. The molecule has 0 aliphatic heterocycles. The molecule has 0 aromatic rings. The van der Waals surface area contributed by atoms with Crippen molar-refractivity contribution < 1.29 is 26.7 Å². The summed E-state index contributed by atoms with van der Waals surface area (Å²) in [7, 11) is 0.